The number of hydrogen-bond acceptors (Lipinski definition) is 4. The number of hydrogen-bond donors (Lipinski definition) is 1. The maximum Gasteiger partial charge on any atom is 0.266 e. The van der Waals surface area contributed by atoms with Crippen LogP contribution in [-0.2, 0) is 0 Å². The quantitative estimate of drug-likeness (QED) is 0.376. The van der Waals surface area contributed by atoms with Gasteiger partial charge in [-0.05, 0) is 43.7 Å². The second-order valence-corrected chi connectivity index (χ2v) is 8.84. The largest absolute Gasteiger partial charge is 0.334 e. The Morgan fingerprint density at radius 1 is 0.939 bits per heavy atom. The fourth-order valence-corrected chi connectivity index (χ4v) is 4.58. The summed E-state index contributed by atoms with van der Waals surface area (Å²) in [6.07, 6.45) is 0. The van der Waals surface area contributed by atoms with Crippen molar-refractivity contribution in [2.24, 2.45) is 0 Å². The minimum absolute atomic E-state index is 0.0709. The van der Waals surface area contributed by atoms with Crippen molar-refractivity contribution in [3.63, 3.8) is 0 Å². The molecule has 5 nitrogen and oxygen atoms in total. The fourth-order valence-electron chi connectivity index (χ4n) is 3.53. The Bertz CT molecular complexity index is 1270. The number of benzene rings is 3. The molecule has 1 heterocycles. The lowest BCUT2D eigenvalue weighted by atomic mass is 10.1. The first kappa shape index (κ1) is 22.4. The smallest absolute Gasteiger partial charge is 0.266 e. The highest BCUT2D eigenvalue weighted by atomic mass is 32.1. The van der Waals surface area contributed by atoms with E-state index in [4.69, 9.17) is 0 Å². The van der Waals surface area contributed by atoms with Crippen LogP contribution in [0, 0.1) is 6.92 Å². The number of aromatic nitrogens is 1. The molecule has 33 heavy (non-hydrogen) atoms. The molecular weight excluding hydrogens is 430 g/mol. The maximum atomic E-state index is 13.3. The highest BCUT2D eigenvalue weighted by Gasteiger charge is 2.24. The lowest BCUT2D eigenvalue weighted by molar-refractivity contribution is 0.0746. The van der Waals surface area contributed by atoms with Gasteiger partial charge in [-0.3, -0.25) is 9.59 Å². The van der Waals surface area contributed by atoms with E-state index in [1.807, 2.05) is 86.6 Å². The molecule has 1 aromatic heterocycles. The van der Waals surface area contributed by atoms with E-state index in [2.05, 4.69) is 10.3 Å². The predicted octanol–water partition coefficient (Wildman–Crippen LogP) is 6.20. The number of anilines is 1. The summed E-state index contributed by atoms with van der Waals surface area (Å²) in [5.41, 5.74) is 3.95. The highest BCUT2D eigenvalue weighted by molar-refractivity contribution is 7.17. The molecule has 0 spiro atoms. The molecule has 1 atom stereocenters. The Morgan fingerprint density at radius 2 is 1.61 bits per heavy atom. The van der Waals surface area contributed by atoms with Gasteiger partial charge < -0.3 is 10.2 Å². The van der Waals surface area contributed by atoms with E-state index in [0.29, 0.717) is 16.1 Å². The molecule has 0 aliphatic carbocycles. The first-order chi connectivity index (χ1) is 15.9. The molecule has 2 amide bonds. The number of nitrogens with one attached hydrogen (secondary N) is 1. The molecule has 4 rings (SSSR count). The Morgan fingerprint density at radius 3 is 2.30 bits per heavy atom. The molecule has 0 saturated heterocycles. The minimum Gasteiger partial charge on any atom is -0.334 e. The highest BCUT2D eigenvalue weighted by Crippen LogP contribution is 2.31. The fraction of sp³-hybridized carbons (Fsp3) is 0.148. The SMILES string of the molecule is Cc1nc(-c2ccccc2)sc1C(=O)N(C)C(C)c1cccc(NC(=O)c2ccccc2)c1. The second-order valence-electron chi connectivity index (χ2n) is 7.84. The van der Waals surface area contributed by atoms with E-state index < -0.39 is 0 Å². The number of carbonyl (C=O) groups is 2. The van der Waals surface area contributed by atoms with Gasteiger partial charge in [-0.25, -0.2) is 4.98 Å². The van der Waals surface area contributed by atoms with E-state index >= 15 is 0 Å². The summed E-state index contributed by atoms with van der Waals surface area (Å²) in [6, 6.07) is 26.4. The minimum atomic E-state index is -0.187. The van der Waals surface area contributed by atoms with Crippen LogP contribution in [0.25, 0.3) is 10.6 Å². The zero-order chi connectivity index (χ0) is 23.4. The molecule has 0 aliphatic heterocycles. The zero-order valence-electron chi connectivity index (χ0n) is 18.8. The number of aryl methyl sites for hydroxylation is 1. The van der Waals surface area contributed by atoms with Crippen LogP contribution in [0.5, 0.6) is 0 Å². The molecule has 0 radical (unpaired) electrons. The third-order valence-corrected chi connectivity index (χ3v) is 6.77. The summed E-state index contributed by atoms with van der Waals surface area (Å²) in [6.45, 7) is 3.85. The van der Waals surface area contributed by atoms with Gasteiger partial charge in [0.05, 0.1) is 11.7 Å². The number of amides is 2. The van der Waals surface area contributed by atoms with Gasteiger partial charge in [0.15, 0.2) is 0 Å². The van der Waals surface area contributed by atoms with Crippen LogP contribution in [0.4, 0.5) is 5.69 Å². The average Bonchev–Trinajstić information content (AvgIpc) is 3.25. The second kappa shape index (κ2) is 9.79. The predicted molar refractivity (Wildman–Crippen MR) is 134 cm³/mol. The molecule has 166 valence electrons. The van der Waals surface area contributed by atoms with Gasteiger partial charge in [0, 0.05) is 23.9 Å². The van der Waals surface area contributed by atoms with Crippen LogP contribution in [0.1, 0.15) is 44.3 Å². The summed E-state index contributed by atoms with van der Waals surface area (Å²) < 4.78 is 0. The van der Waals surface area contributed by atoms with Crippen LogP contribution in [0.3, 0.4) is 0 Å². The van der Waals surface area contributed by atoms with Crippen molar-refractivity contribution >= 4 is 28.8 Å². The van der Waals surface area contributed by atoms with Crippen molar-refractivity contribution < 1.29 is 9.59 Å². The zero-order valence-corrected chi connectivity index (χ0v) is 19.6. The molecule has 6 heteroatoms. The first-order valence-corrected chi connectivity index (χ1v) is 11.5. The topological polar surface area (TPSA) is 62.3 Å². The molecule has 3 aromatic carbocycles. The summed E-state index contributed by atoms with van der Waals surface area (Å²) >= 11 is 1.41. The van der Waals surface area contributed by atoms with Crippen LogP contribution in [-0.4, -0.2) is 28.7 Å². The van der Waals surface area contributed by atoms with Crippen molar-refractivity contribution in [3.05, 3.63) is 107 Å². The normalized spacial score (nSPS) is 11.6. The van der Waals surface area contributed by atoms with Gasteiger partial charge in [-0.15, -0.1) is 11.3 Å². The third kappa shape index (κ3) is 5.02. The van der Waals surface area contributed by atoms with E-state index in [1.165, 1.54) is 11.3 Å². The maximum absolute atomic E-state index is 13.3. The lowest BCUT2D eigenvalue weighted by Crippen LogP contribution is -2.29. The number of carbonyl (C=O) groups excluding carboxylic acids is 2. The van der Waals surface area contributed by atoms with Crippen LogP contribution >= 0.6 is 11.3 Å². The van der Waals surface area contributed by atoms with E-state index in [9.17, 15) is 9.59 Å². The summed E-state index contributed by atoms with van der Waals surface area (Å²) in [7, 11) is 1.80. The Kier molecular flexibility index (Phi) is 6.66. The van der Waals surface area contributed by atoms with Gasteiger partial charge >= 0.3 is 0 Å². The Hall–Kier alpha value is -3.77. The van der Waals surface area contributed by atoms with E-state index in [1.54, 1.807) is 24.1 Å². The molecule has 0 saturated carbocycles. The van der Waals surface area contributed by atoms with Gasteiger partial charge in [0.1, 0.15) is 9.88 Å². The average molecular weight is 456 g/mol. The Balaban J connectivity index is 1.51. The van der Waals surface area contributed by atoms with Crippen LogP contribution in [0.15, 0.2) is 84.9 Å². The van der Waals surface area contributed by atoms with Crippen molar-refractivity contribution in [3.8, 4) is 10.6 Å². The third-order valence-electron chi connectivity index (χ3n) is 5.58. The number of rotatable bonds is 6. The summed E-state index contributed by atoms with van der Waals surface area (Å²) in [4.78, 5) is 32.8. The van der Waals surface area contributed by atoms with E-state index in [-0.39, 0.29) is 17.9 Å². The van der Waals surface area contributed by atoms with Crippen LogP contribution in [0.2, 0.25) is 0 Å². The van der Waals surface area contributed by atoms with Crippen molar-refractivity contribution in [2.45, 2.75) is 19.9 Å². The summed E-state index contributed by atoms with van der Waals surface area (Å²) in [5.74, 6) is -0.239. The summed E-state index contributed by atoms with van der Waals surface area (Å²) in [5, 5.41) is 3.77. The van der Waals surface area contributed by atoms with Crippen molar-refractivity contribution in [2.75, 3.05) is 12.4 Å². The van der Waals surface area contributed by atoms with Crippen LogP contribution < -0.4 is 5.32 Å². The molecule has 1 N–H and O–H groups in total. The number of nitrogens with zero attached hydrogens (tertiary/aromatic N) is 2. The van der Waals surface area contributed by atoms with Gasteiger partial charge in [0.2, 0.25) is 0 Å². The Labute approximate surface area is 197 Å². The van der Waals surface area contributed by atoms with Crippen molar-refractivity contribution in [1.29, 1.82) is 0 Å². The standard InChI is InChI=1S/C27H25N3O2S/c1-18-24(33-26(28-18)21-13-8-5-9-14-21)27(32)30(3)19(2)22-15-10-16-23(17-22)29-25(31)20-11-6-4-7-12-20/h4-17,19H,1-3H3,(H,29,31). The van der Waals surface area contributed by atoms with E-state index in [0.717, 1.165) is 21.8 Å². The van der Waals surface area contributed by atoms with Gasteiger partial charge in [-0.1, -0.05) is 60.7 Å². The molecule has 0 fully saturated rings. The van der Waals surface area contributed by atoms with Crippen molar-refractivity contribution in [1.82, 2.24) is 9.88 Å². The van der Waals surface area contributed by atoms with Gasteiger partial charge in [0.25, 0.3) is 11.8 Å². The first-order valence-electron chi connectivity index (χ1n) is 10.7. The van der Waals surface area contributed by atoms with Gasteiger partial charge in [-0.2, -0.15) is 0 Å². The molecule has 1 unspecified atom stereocenters. The molecule has 4 aromatic rings. The molecule has 0 aliphatic rings. The number of thiazole rings is 1. The molecular formula is C27H25N3O2S. The molecule has 0 bridgehead atoms. The lowest BCUT2D eigenvalue weighted by Gasteiger charge is -2.25. The monoisotopic (exact) mass is 455 g/mol.